The van der Waals surface area contributed by atoms with Crippen LogP contribution in [0.2, 0.25) is 0 Å². The smallest absolute Gasteiger partial charge is 0.258 e. The van der Waals surface area contributed by atoms with Crippen LogP contribution in [0.5, 0.6) is 0 Å². The van der Waals surface area contributed by atoms with E-state index in [9.17, 15) is 18.5 Å². The molecule has 0 aliphatic carbocycles. The van der Waals surface area contributed by atoms with E-state index in [1.807, 2.05) is 48.5 Å². The summed E-state index contributed by atoms with van der Waals surface area (Å²) < 4.78 is 25.0. The number of nitro groups is 1. The van der Waals surface area contributed by atoms with Gasteiger partial charge >= 0.3 is 0 Å². The van der Waals surface area contributed by atoms with Gasteiger partial charge in [-0.05, 0) is 33.7 Å². The van der Waals surface area contributed by atoms with Crippen LogP contribution in [0.1, 0.15) is 5.56 Å². The van der Waals surface area contributed by atoms with Crippen LogP contribution in [0.4, 0.5) is 5.69 Å². The summed E-state index contributed by atoms with van der Waals surface area (Å²) in [5.41, 5.74) is 0.470. The second-order valence-corrected chi connectivity index (χ2v) is 8.00. The predicted octanol–water partition coefficient (Wildman–Crippen LogP) is 4.21. The Morgan fingerprint density at radius 1 is 0.862 bits per heavy atom. The monoisotopic (exact) mass is 405 g/mol. The maximum Gasteiger partial charge on any atom is 0.276 e. The molecule has 0 fully saturated rings. The lowest BCUT2D eigenvalue weighted by Crippen LogP contribution is -2.18. The Morgan fingerprint density at radius 3 is 2.10 bits per heavy atom. The maximum atomic E-state index is 12.5. The van der Waals surface area contributed by atoms with Crippen molar-refractivity contribution in [2.75, 3.05) is 0 Å². The fourth-order valence-electron chi connectivity index (χ4n) is 3.17. The van der Waals surface area contributed by atoms with Gasteiger partial charge in [-0.2, -0.15) is 13.5 Å². The SMILES string of the molecule is O=[N+]([O-])c1cccc(S(=O)(=O)N/N=C/c2c3ccccc3cc3ccccc23)c1. The minimum Gasteiger partial charge on any atom is -0.258 e. The second-order valence-electron chi connectivity index (χ2n) is 6.34. The molecule has 0 saturated carbocycles. The first kappa shape index (κ1) is 18.6. The lowest BCUT2D eigenvalue weighted by atomic mass is 9.97. The predicted molar refractivity (Wildman–Crippen MR) is 112 cm³/mol. The Labute approximate surface area is 166 Å². The molecule has 0 aliphatic rings. The van der Waals surface area contributed by atoms with Crippen LogP contribution in [0, 0.1) is 10.1 Å². The highest BCUT2D eigenvalue weighted by atomic mass is 32.2. The normalized spacial score (nSPS) is 11.9. The molecular weight excluding hydrogens is 390 g/mol. The molecule has 0 unspecified atom stereocenters. The molecule has 0 saturated heterocycles. The molecule has 144 valence electrons. The zero-order valence-corrected chi connectivity index (χ0v) is 15.8. The number of benzene rings is 4. The first-order valence-electron chi connectivity index (χ1n) is 8.65. The highest BCUT2D eigenvalue weighted by molar-refractivity contribution is 7.89. The van der Waals surface area contributed by atoms with Gasteiger partial charge in [0.1, 0.15) is 0 Å². The quantitative estimate of drug-likeness (QED) is 0.232. The van der Waals surface area contributed by atoms with Crippen molar-refractivity contribution in [3.63, 3.8) is 0 Å². The first-order chi connectivity index (χ1) is 14.0. The van der Waals surface area contributed by atoms with Crippen LogP contribution >= 0.6 is 0 Å². The molecule has 0 aromatic heterocycles. The van der Waals surface area contributed by atoms with Crippen molar-refractivity contribution < 1.29 is 13.3 Å². The molecule has 0 spiro atoms. The standard InChI is InChI=1S/C21H15N3O4S/c25-24(26)17-8-5-9-18(13-17)29(27,28)23-22-14-21-19-10-3-1-6-15(19)12-16-7-2-4-11-20(16)21/h1-14,23H/b22-14+. The van der Waals surface area contributed by atoms with E-state index in [0.29, 0.717) is 0 Å². The number of fused-ring (bicyclic) bond motifs is 2. The third-order valence-corrected chi connectivity index (χ3v) is 5.74. The van der Waals surface area contributed by atoms with Crippen molar-refractivity contribution in [3.05, 3.63) is 94.5 Å². The van der Waals surface area contributed by atoms with Crippen molar-refractivity contribution in [2.24, 2.45) is 5.10 Å². The van der Waals surface area contributed by atoms with E-state index in [2.05, 4.69) is 16.0 Å². The Kier molecular flexibility index (Phi) is 4.69. The van der Waals surface area contributed by atoms with Gasteiger partial charge in [0, 0.05) is 17.7 Å². The maximum absolute atomic E-state index is 12.5. The molecule has 0 atom stereocenters. The Hall–Kier alpha value is -3.78. The number of nitrogens with one attached hydrogen (secondary N) is 1. The van der Waals surface area contributed by atoms with Crippen molar-refractivity contribution in [3.8, 4) is 0 Å². The van der Waals surface area contributed by atoms with Crippen molar-refractivity contribution in [2.45, 2.75) is 4.90 Å². The van der Waals surface area contributed by atoms with E-state index in [1.54, 1.807) is 0 Å². The van der Waals surface area contributed by atoms with E-state index in [1.165, 1.54) is 24.4 Å². The summed E-state index contributed by atoms with van der Waals surface area (Å²) in [6.07, 6.45) is 1.46. The number of hydrazone groups is 1. The van der Waals surface area contributed by atoms with E-state index >= 15 is 0 Å². The van der Waals surface area contributed by atoms with Gasteiger partial charge in [0.15, 0.2) is 0 Å². The van der Waals surface area contributed by atoms with Crippen molar-refractivity contribution in [1.82, 2.24) is 4.83 Å². The van der Waals surface area contributed by atoms with Gasteiger partial charge in [-0.25, -0.2) is 4.83 Å². The third kappa shape index (κ3) is 3.65. The van der Waals surface area contributed by atoms with Gasteiger partial charge in [0.05, 0.1) is 16.0 Å². The summed E-state index contributed by atoms with van der Waals surface area (Å²) in [5, 5.41) is 18.7. The zero-order valence-electron chi connectivity index (χ0n) is 15.0. The van der Waals surface area contributed by atoms with Gasteiger partial charge in [-0.15, -0.1) is 0 Å². The van der Waals surface area contributed by atoms with E-state index in [-0.39, 0.29) is 10.6 Å². The fourth-order valence-corrected chi connectivity index (χ4v) is 4.00. The van der Waals surface area contributed by atoms with E-state index in [4.69, 9.17) is 0 Å². The highest BCUT2D eigenvalue weighted by Gasteiger charge is 2.17. The zero-order chi connectivity index (χ0) is 20.4. The molecule has 1 N–H and O–H groups in total. The lowest BCUT2D eigenvalue weighted by molar-refractivity contribution is -0.385. The van der Waals surface area contributed by atoms with Gasteiger partial charge < -0.3 is 0 Å². The summed E-state index contributed by atoms with van der Waals surface area (Å²) in [6.45, 7) is 0. The second kappa shape index (κ2) is 7.33. The number of nitro benzene ring substituents is 1. The molecule has 8 heteroatoms. The van der Waals surface area contributed by atoms with Gasteiger partial charge in [-0.3, -0.25) is 10.1 Å². The Morgan fingerprint density at radius 2 is 1.48 bits per heavy atom. The Bertz CT molecular complexity index is 1330. The number of hydrogen-bond acceptors (Lipinski definition) is 5. The molecule has 7 nitrogen and oxygen atoms in total. The third-order valence-electron chi connectivity index (χ3n) is 4.52. The molecule has 0 aliphatic heterocycles. The van der Waals surface area contributed by atoms with Crippen LogP contribution < -0.4 is 4.83 Å². The van der Waals surface area contributed by atoms with Crippen LogP contribution in [0.25, 0.3) is 21.5 Å². The number of sulfonamides is 1. The summed E-state index contributed by atoms with van der Waals surface area (Å²) in [5.74, 6) is 0. The van der Waals surface area contributed by atoms with Crippen molar-refractivity contribution in [1.29, 1.82) is 0 Å². The average molecular weight is 405 g/mol. The van der Waals surface area contributed by atoms with Crippen LogP contribution in [-0.4, -0.2) is 19.6 Å². The molecule has 4 aromatic rings. The first-order valence-corrected chi connectivity index (χ1v) is 10.1. The summed E-state index contributed by atoms with van der Waals surface area (Å²) >= 11 is 0. The largest absolute Gasteiger partial charge is 0.276 e. The van der Waals surface area contributed by atoms with Gasteiger partial charge in [0.2, 0.25) is 0 Å². The average Bonchev–Trinajstić information content (AvgIpc) is 2.73. The molecule has 0 bridgehead atoms. The topological polar surface area (TPSA) is 102 Å². The minimum atomic E-state index is -4.05. The van der Waals surface area contributed by atoms with Crippen molar-refractivity contribution >= 4 is 43.5 Å². The van der Waals surface area contributed by atoms with E-state index < -0.39 is 14.9 Å². The molecular formula is C21H15N3O4S. The number of rotatable bonds is 5. The van der Waals surface area contributed by atoms with Gasteiger partial charge in [0.25, 0.3) is 15.7 Å². The summed E-state index contributed by atoms with van der Waals surface area (Å²) in [7, 11) is -4.05. The number of nitrogens with zero attached hydrogens (tertiary/aromatic N) is 2. The molecule has 0 heterocycles. The number of non-ortho nitro benzene ring substituents is 1. The summed E-state index contributed by atoms with van der Waals surface area (Å²) in [4.78, 5) is 12.1. The molecule has 4 aromatic carbocycles. The van der Waals surface area contributed by atoms with Gasteiger partial charge in [-0.1, -0.05) is 54.6 Å². The fraction of sp³-hybridized carbons (Fsp3) is 0. The highest BCUT2D eigenvalue weighted by Crippen LogP contribution is 2.27. The van der Waals surface area contributed by atoms with Crippen LogP contribution in [0.15, 0.2) is 88.9 Å². The molecule has 29 heavy (non-hydrogen) atoms. The molecule has 0 amide bonds. The van der Waals surface area contributed by atoms with Crippen LogP contribution in [0.3, 0.4) is 0 Å². The molecule has 4 rings (SSSR count). The van der Waals surface area contributed by atoms with E-state index in [0.717, 1.165) is 33.2 Å². The lowest BCUT2D eigenvalue weighted by Gasteiger charge is -2.08. The number of hydrogen-bond donors (Lipinski definition) is 1. The minimum absolute atomic E-state index is 0.230. The molecule has 0 radical (unpaired) electrons. The summed E-state index contributed by atoms with van der Waals surface area (Å²) in [6, 6.07) is 22.4. The Balaban J connectivity index is 1.73. The van der Waals surface area contributed by atoms with Crippen LogP contribution in [-0.2, 0) is 10.0 Å².